The molecule has 0 spiro atoms. The Labute approximate surface area is 177 Å². The zero-order valence-electron chi connectivity index (χ0n) is 16.2. The molecule has 1 amide bonds. The number of carbonyl (C=O) groups excluding carboxylic acids is 2. The van der Waals surface area contributed by atoms with Crippen molar-refractivity contribution in [1.82, 2.24) is 9.88 Å². The Kier molecular flexibility index (Phi) is 5.11. The molecule has 2 heterocycles. The number of amides is 1. The molecule has 0 aliphatic carbocycles. The summed E-state index contributed by atoms with van der Waals surface area (Å²) in [6.45, 7) is -0.570. The minimum atomic E-state index is -4.51. The third-order valence-electron chi connectivity index (χ3n) is 5.24. The van der Waals surface area contributed by atoms with Crippen LogP contribution in [0, 0.1) is 5.82 Å². The normalized spacial score (nSPS) is 15.3. The SMILES string of the molecule is O=CCNC(=O)c1c(O)c2c(F)ccc3c2n(c1=O)CC(c1ccc(C(F)(F)F)cc1)N3. The van der Waals surface area contributed by atoms with Crippen molar-refractivity contribution < 1.29 is 32.3 Å². The fourth-order valence-corrected chi connectivity index (χ4v) is 3.76. The minimum absolute atomic E-state index is 0.0163. The molecule has 1 aliphatic heterocycles. The number of alkyl halides is 3. The molecule has 1 atom stereocenters. The van der Waals surface area contributed by atoms with Crippen molar-refractivity contribution in [3.63, 3.8) is 0 Å². The number of nitrogens with one attached hydrogen (secondary N) is 2. The van der Waals surface area contributed by atoms with E-state index < -0.39 is 52.9 Å². The molecule has 0 fully saturated rings. The standard InChI is InChI=1S/C21H15F4N3O4/c22-12-5-6-13-17-15(12)18(30)16(19(31)26-7-8-29)20(32)28(17)9-14(27-13)10-1-3-11(4-2-10)21(23,24)25/h1-6,8,14,27,30H,7,9H2,(H,26,31). The predicted molar refractivity (Wildman–Crippen MR) is 106 cm³/mol. The molecule has 32 heavy (non-hydrogen) atoms. The number of anilines is 1. The lowest BCUT2D eigenvalue weighted by atomic mass is 9.99. The number of pyridine rings is 1. The average molecular weight is 449 g/mol. The van der Waals surface area contributed by atoms with Gasteiger partial charge in [-0.15, -0.1) is 0 Å². The van der Waals surface area contributed by atoms with Gasteiger partial charge in [0.05, 0.1) is 41.3 Å². The molecule has 0 radical (unpaired) electrons. The van der Waals surface area contributed by atoms with E-state index in [1.54, 1.807) is 0 Å². The van der Waals surface area contributed by atoms with E-state index in [-0.39, 0.29) is 23.1 Å². The molecule has 1 unspecified atom stereocenters. The first-order valence-electron chi connectivity index (χ1n) is 9.37. The second-order valence-corrected chi connectivity index (χ2v) is 7.15. The van der Waals surface area contributed by atoms with Crippen molar-refractivity contribution >= 4 is 28.8 Å². The zero-order chi connectivity index (χ0) is 23.2. The fraction of sp³-hybridized carbons (Fsp3) is 0.190. The number of hydrogen-bond acceptors (Lipinski definition) is 5. The number of rotatable bonds is 4. The smallest absolute Gasteiger partial charge is 0.416 e. The van der Waals surface area contributed by atoms with Crippen molar-refractivity contribution in [2.45, 2.75) is 18.8 Å². The molecule has 166 valence electrons. The number of aldehydes is 1. The molecule has 3 N–H and O–H groups in total. The van der Waals surface area contributed by atoms with Gasteiger partial charge in [-0.3, -0.25) is 9.59 Å². The van der Waals surface area contributed by atoms with Crippen molar-refractivity contribution in [1.29, 1.82) is 0 Å². The van der Waals surface area contributed by atoms with E-state index in [9.17, 15) is 37.1 Å². The van der Waals surface area contributed by atoms with Gasteiger partial charge in [0.2, 0.25) is 0 Å². The molecule has 2 aromatic carbocycles. The lowest BCUT2D eigenvalue weighted by molar-refractivity contribution is -0.137. The first-order valence-corrected chi connectivity index (χ1v) is 9.37. The molecule has 7 nitrogen and oxygen atoms in total. The van der Waals surface area contributed by atoms with Crippen molar-refractivity contribution in [3.05, 3.63) is 69.3 Å². The van der Waals surface area contributed by atoms with Gasteiger partial charge in [-0.25, -0.2) is 4.39 Å². The van der Waals surface area contributed by atoms with E-state index in [2.05, 4.69) is 10.6 Å². The number of carbonyl (C=O) groups is 2. The summed E-state index contributed by atoms with van der Waals surface area (Å²) in [7, 11) is 0. The third-order valence-corrected chi connectivity index (χ3v) is 5.24. The predicted octanol–water partition coefficient (Wildman–Crippen LogP) is 2.96. The van der Waals surface area contributed by atoms with Crippen LogP contribution in [-0.2, 0) is 17.5 Å². The van der Waals surface area contributed by atoms with Crippen LogP contribution in [0.2, 0.25) is 0 Å². The molecule has 0 bridgehead atoms. The Bertz CT molecular complexity index is 1300. The topological polar surface area (TPSA) is 100 Å². The Morgan fingerprint density at radius 1 is 1.22 bits per heavy atom. The van der Waals surface area contributed by atoms with Crippen LogP contribution >= 0.6 is 0 Å². The van der Waals surface area contributed by atoms with Gasteiger partial charge in [-0.2, -0.15) is 13.2 Å². The Hall–Kier alpha value is -3.89. The zero-order valence-corrected chi connectivity index (χ0v) is 16.2. The Morgan fingerprint density at radius 2 is 1.91 bits per heavy atom. The summed E-state index contributed by atoms with van der Waals surface area (Å²) in [6.07, 6.45) is -4.13. The third kappa shape index (κ3) is 3.45. The summed E-state index contributed by atoms with van der Waals surface area (Å²) >= 11 is 0. The molecule has 4 rings (SSSR count). The second-order valence-electron chi connectivity index (χ2n) is 7.15. The molecule has 0 saturated heterocycles. The molecule has 3 aromatic rings. The van der Waals surface area contributed by atoms with E-state index in [1.807, 2.05) is 0 Å². The summed E-state index contributed by atoms with van der Waals surface area (Å²) in [5.74, 6) is -2.80. The van der Waals surface area contributed by atoms with Crippen LogP contribution in [0.4, 0.5) is 23.2 Å². The van der Waals surface area contributed by atoms with Crippen LogP contribution in [-0.4, -0.2) is 28.4 Å². The summed E-state index contributed by atoms with van der Waals surface area (Å²) in [4.78, 5) is 36.0. The average Bonchev–Trinajstić information content (AvgIpc) is 2.75. The number of halogens is 4. The maximum absolute atomic E-state index is 14.6. The van der Waals surface area contributed by atoms with Crippen LogP contribution in [0.3, 0.4) is 0 Å². The lowest BCUT2D eigenvalue weighted by Gasteiger charge is -2.30. The highest BCUT2D eigenvalue weighted by Gasteiger charge is 2.32. The highest BCUT2D eigenvalue weighted by atomic mass is 19.4. The fourth-order valence-electron chi connectivity index (χ4n) is 3.76. The highest BCUT2D eigenvalue weighted by Crippen LogP contribution is 2.39. The van der Waals surface area contributed by atoms with Gasteiger partial charge < -0.3 is 25.1 Å². The Morgan fingerprint density at radius 3 is 2.53 bits per heavy atom. The minimum Gasteiger partial charge on any atom is -0.506 e. The maximum atomic E-state index is 14.6. The summed E-state index contributed by atoms with van der Waals surface area (Å²) < 4.78 is 54.3. The largest absolute Gasteiger partial charge is 0.506 e. The van der Waals surface area contributed by atoms with Gasteiger partial charge in [-0.1, -0.05) is 12.1 Å². The summed E-state index contributed by atoms with van der Waals surface area (Å²) in [5.41, 5.74) is -1.80. The van der Waals surface area contributed by atoms with Gasteiger partial charge in [0.25, 0.3) is 11.5 Å². The summed E-state index contributed by atoms with van der Waals surface area (Å²) in [5, 5.41) is 15.3. The maximum Gasteiger partial charge on any atom is 0.416 e. The number of aromatic nitrogens is 1. The van der Waals surface area contributed by atoms with Gasteiger partial charge in [0, 0.05) is 0 Å². The van der Waals surface area contributed by atoms with Crippen molar-refractivity contribution in [2.75, 3.05) is 11.9 Å². The number of nitrogens with zero attached hydrogens (tertiary/aromatic N) is 1. The molecule has 11 heteroatoms. The highest BCUT2D eigenvalue weighted by molar-refractivity contribution is 6.05. The van der Waals surface area contributed by atoms with E-state index >= 15 is 0 Å². The van der Waals surface area contributed by atoms with Crippen LogP contribution in [0.25, 0.3) is 10.9 Å². The molecule has 1 aliphatic rings. The van der Waals surface area contributed by atoms with Gasteiger partial charge in [0.15, 0.2) is 0 Å². The van der Waals surface area contributed by atoms with Crippen LogP contribution in [0.1, 0.15) is 27.5 Å². The first-order chi connectivity index (χ1) is 15.1. The van der Waals surface area contributed by atoms with Crippen molar-refractivity contribution in [3.8, 4) is 5.75 Å². The van der Waals surface area contributed by atoms with Crippen LogP contribution < -0.4 is 16.2 Å². The van der Waals surface area contributed by atoms with Gasteiger partial charge >= 0.3 is 6.18 Å². The molecular weight excluding hydrogens is 434 g/mol. The van der Waals surface area contributed by atoms with E-state index in [0.717, 1.165) is 22.8 Å². The van der Waals surface area contributed by atoms with E-state index in [4.69, 9.17) is 0 Å². The molecule has 0 saturated carbocycles. The monoisotopic (exact) mass is 449 g/mol. The number of aromatic hydroxyl groups is 1. The molecule has 1 aromatic heterocycles. The van der Waals surface area contributed by atoms with Crippen molar-refractivity contribution in [2.24, 2.45) is 0 Å². The van der Waals surface area contributed by atoms with E-state index in [0.29, 0.717) is 11.8 Å². The lowest BCUT2D eigenvalue weighted by Crippen LogP contribution is -2.37. The van der Waals surface area contributed by atoms with Gasteiger partial charge in [0.1, 0.15) is 23.4 Å². The second kappa shape index (κ2) is 7.66. The summed E-state index contributed by atoms with van der Waals surface area (Å²) in [6, 6.07) is 6.02. The Balaban J connectivity index is 1.85. The first kappa shape index (κ1) is 21.3. The molecular formula is C21H15F4N3O4. The quantitative estimate of drug-likeness (QED) is 0.420. The number of hydrogen-bond donors (Lipinski definition) is 3. The van der Waals surface area contributed by atoms with Crippen LogP contribution in [0.5, 0.6) is 5.75 Å². The van der Waals surface area contributed by atoms with E-state index in [1.165, 1.54) is 18.2 Å². The van der Waals surface area contributed by atoms with Gasteiger partial charge in [-0.05, 0) is 29.8 Å². The van der Waals surface area contributed by atoms with Crippen LogP contribution in [0.15, 0.2) is 41.2 Å². The number of benzene rings is 2.